The van der Waals surface area contributed by atoms with E-state index in [9.17, 15) is 29.2 Å². The minimum absolute atomic E-state index is 0.0996. The number of nitrogens with zero attached hydrogens (tertiary/aromatic N) is 6. The van der Waals surface area contributed by atoms with Crippen molar-refractivity contribution in [1.82, 2.24) is 34.4 Å². The highest BCUT2D eigenvalue weighted by Crippen LogP contribution is 2.57. The molecule has 18 nitrogen and oxygen atoms in total. The molecule has 0 saturated carbocycles. The number of rotatable bonds is 12. The zero-order chi connectivity index (χ0) is 31.8. The highest BCUT2D eigenvalue weighted by molar-refractivity contribution is 8.56. The van der Waals surface area contributed by atoms with Gasteiger partial charge in [-0.05, 0) is 20.8 Å². The van der Waals surface area contributed by atoms with Gasteiger partial charge in [-0.25, -0.2) is 14.9 Å². The van der Waals surface area contributed by atoms with E-state index >= 15 is 0 Å². The Morgan fingerprint density at radius 3 is 2.53 bits per heavy atom. The van der Waals surface area contributed by atoms with Crippen LogP contribution in [0.2, 0.25) is 0 Å². The third-order valence-corrected chi connectivity index (χ3v) is 10.8. The molecular weight excluding hydrogens is 611 g/mol. The third-order valence-electron chi connectivity index (χ3n) is 6.75. The van der Waals surface area contributed by atoms with Crippen molar-refractivity contribution in [3.05, 3.63) is 6.33 Å². The van der Waals surface area contributed by atoms with Crippen molar-refractivity contribution in [2.75, 3.05) is 39.3 Å². The van der Waals surface area contributed by atoms with E-state index in [4.69, 9.17) is 24.5 Å². The van der Waals surface area contributed by atoms with Crippen LogP contribution >= 0.6 is 18.1 Å². The summed E-state index contributed by atoms with van der Waals surface area (Å²) in [7, 11) is 4.16. The molecule has 0 spiro atoms. The van der Waals surface area contributed by atoms with Crippen molar-refractivity contribution in [1.29, 1.82) is 0 Å². The second-order valence-corrected chi connectivity index (χ2v) is 14.5. The van der Waals surface area contributed by atoms with Gasteiger partial charge in [0.15, 0.2) is 17.4 Å². The molecule has 4 rings (SSSR count). The summed E-state index contributed by atoms with van der Waals surface area (Å²) in [5, 5.41) is 24.3. The van der Waals surface area contributed by atoms with E-state index in [1.807, 2.05) is 0 Å². The number of imidazole rings is 1. The first-order valence-corrected chi connectivity index (χ1v) is 16.4. The zero-order valence-electron chi connectivity index (χ0n) is 24.3. The quantitative estimate of drug-likeness (QED) is 0.132. The van der Waals surface area contributed by atoms with Gasteiger partial charge in [0.1, 0.15) is 30.4 Å². The smallest absolute Gasteiger partial charge is 0.327 e. The van der Waals surface area contributed by atoms with E-state index in [1.165, 1.54) is 43.9 Å². The number of aliphatic hydroxyl groups excluding tert-OH is 2. The molecule has 2 saturated heterocycles. The fourth-order valence-electron chi connectivity index (χ4n) is 4.44. The Bertz CT molecular complexity index is 1430. The minimum atomic E-state index is -4.04. The highest BCUT2D eigenvalue weighted by Gasteiger charge is 2.47. The lowest BCUT2D eigenvalue weighted by atomic mass is 10.1. The van der Waals surface area contributed by atoms with Crippen molar-refractivity contribution >= 4 is 53.1 Å². The maximum Gasteiger partial charge on any atom is 0.327 e. The number of ether oxygens (including phenoxy) is 3. The molecule has 0 aromatic carbocycles. The highest BCUT2D eigenvalue weighted by atomic mass is 32.7. The molecule has 2 aliphatic heterocycles. The van der Waals surface area contributed by atoms with E-state index in [1.54, 1.807) is 13.8 Å². The van der Waals surface area contributed by atoms with Gasteiger partial charge in [-0.2, -0.15) is 9.97 Å². The summed E-state index contributed by atoms with van der Waals surface area (Å²) in [6.07, 6.45) is -4.51. The van der Waals surface area contributed by atoms with E-state index in [-0.39, 0.29) is 28.7 Å². The normalized spacial score (nSPS) is 26.4. The number of carbonyl (C=O) groups excluding carboxylic acids is 3. The van der Waals surface area contributed by atoms with Gasteiger partial charge >= 0.3 is 18.7 Å². The first kappa shape index (κ1) is 32.8. The number of carbonyl (C=O) groups is 3. The number of fused-ring (bicyclic) bond motifs is 1. The fourth-order valence-corrected chi connectivity index (χ4v) is 8.41. The molecule has 2 fully saturated rings. The molecule has 2 aromatic heterocycles. The lowest BCUT2D eigenvalue weighted by Crippen LogP contribution is -2.37. The summed E-state index contributed by atoms with van der Waals surface area (Å²) < 4.78 is 37.4. The van der Waals surface area contributed by atoms with Crippen molar-refractivity contribution in [2.45, 2.75) is 63.5 Å². The summed E-state index contributed by atoms with van der Waals surface area (Å²) in [6.45, 7) is 0.201. The number of methoxy groups -OCH3 is 1. The second-order valence-electron chi connectivity index (χ2n) is 10.2. The zero-order valence-corrected chi connectivity index (χ0v) is 26.0. The number of nitrogen functional groups attached to an aromatic ring is 1. The van der Waals surface area contributed by atoms with Gasteiger partial charge in [0.05, 0.1) is 26.1 Å². The number of nitrogens with two attached hydrogens (primary N) is 1. The van der Waals surface area contributed by atoms with Crippen LogP contribution in [0.1, 0.15) is 27.0 Å². The molecule has 4 heterocycles. The largest absolute Gasteiger partial charge is 0.479 e. The molecule has 0 bridgehead atoms. The van der Waals surface area contributed by atoms with Gasteiger partial charge in [0, 0.05) is 19.8 Å². The van der Waals surface area contributed by atoms with Gasteiger partial charge in [-0.1, -0.05) is 11.4 Å². The van der Waals surface area contributed by atoms with Gasteiger partial charge < -0.3 is 39.6 Å². The van der Waals surface area contributed by atoms with Crippen LogP contribution < -0.4 is 15.6 Å². The van der Waals surface area contributed by atoms with E-state index in [0.717, 1.165) is 4.90 Å². The molecule has 0 radical (unpaired) electrons. The van der Waals surface area contributed by atoms with Crippen molar-refractivity contribution < 1.29 is 47.9 Å². The summed E-state index contributed by atoms with van der Waals surface area (Å²) in [5.74, 6) is -1.34. The number of nitrogens with one attached hydrogen (secondary N) is 1. The monoisotopic (exact) mass is 646 g/mol. The molecule has 238 valence electrons. The molecule has 7 atom stereocenters. The third kappa shape index (κ3) is 6.72. The Kier molecular flexibility index (Phi) is 9.85. The Morgan fingerprint density at radius 1 is 1.23 bits per heavy atom. The van der Waals surface area contributed by atoms with Crippen molar-refractivity contribution in [3.63, 3.8) is 0 Å². The number of aromatic nitrogens is 4. The predicted molar refractivity (Wildman–Crippen MR) is 152 cm³/mol. The Balaban J connectivity index is 1.51. The summed E-state index contributed by atoms with van der Waals surface area (Å²) in [5.41, 5.74) is 6.18. The van der Waals surface area contributed by atoms with Crippen LogP contribution in [0.3, 0.4) is 0 Å². The van der Waals surface area contributed by atoms with Crippen LogP contribution in [0.15, 0.2) is 6.33 Å². The van der Waals surface area contributed by atoms with E-state index in [2.05, 4.69) is 20.0 Å². The average molecular weight is 647 g/mol. The second kappa shape index (κ2) is 12.9. The molecule has 20 heteroatoms. The van der Waals surface area contributed by atoms with Gasteiger partial charge in [-0.15, -0.1) is 0 Å². The van der Waals surface area contributed by atoms with Gasteiger partial charge in [-0.3, -0.25) is 23.6 Å². The Labute approximate surface area is 250 Å². The first-order valence-electron chi connectivity index (χ1n) is 13.1. The van der Waals surface area contributed by atoms with Crippen LogP contribution in [-0.2, 0) is 28.2 Å². The average Bonchev–Trinajstić information content (AvgIpc) is 3.55. The molecule has 2 aliphatic rings. The molecule has 3 amide bonds. The molecular formula is C23H35N8O10PS. The van der Waals surface area contributed by atoms with Crippen molar-refractivity contribution in [2.24, 2.45) is 0 Å². The maximum atomic E-state index is 14.0. The number of aliphatic hydroxyl groups is 2. The minimum Gasteiger partial charge on any atom is -0.479 e. The Morgan fingerprint density at radius 2 is 1.93 bits per heavy atom. The number of hydrogen-bond donors (Lipinski definition) is 4. The molecule has 5 N–H and O–H groups in total. The maximum absolute atomic E-state index is 14.0. The molecule has 2 aromatic rings. The van der Waals surface area contributed by atoms with E-state index < -0.39 is 74.0 Å². The van der Waals surface area contributed by atoms with Crippen LogP contribution in [0.25, 0.3) is 11.2 Å². The number of likely N-dealkylation sites (N-methyl/N-ethyl adjacent to an activating group) is 2. The van der Waals surface area contributed by atoms with Crippen molar-refractivity contribution in [3.8, 4) is 5.88 Å². The summed E-state index contributed by atoms with van der Waals surface area (Å²) in [4.78, 5) is 51.7. The topological polar surface area (TPSA) is 234 Å². The SMILES string of the molecule is COc1nc(N)nc2c1ncn2[C@@H]1O[C@H](COP(=O)(N[C@H](C)C(=O)OC(C)C)SCC2C(=O)N(C)C(=O)N2C)[C@@H](O)[C@H]1O. The van der Waals surface area contributed by atoms with Crippen LogP contribution in [0.5, 0.6) is 5.88 Å². The van der Waals surface area contributed by atoms with E-state index in [0.29, 0.717) is 11.4 Å². The first-order chi connectivity index (χ1) is 20.2. The van der Waals surface area contributed by atoms with Gasteiger partial charge in [0.25, 0.3) is 5.91 Å². The summed E-state index contributed by atoms with van der Waals surface area (Å²) >= 11 is 0.702. The number of amides is 3. The summed E-state index contributed by atoms with van der Waals surface area (Å²) in [6, 6.07) is -2.54. The fraction of sp³-hybridized carbons (Fsp3) is 0.652. The number of esters is 1. The van der Waals surface area contributed by atoms with Crippen LogP contribution in [0, 0.1) is 0 Å². The Hall–Kier alpha value is -3.06. The molecule has 2 unspecified atom stereocenters. The number of urea groups is 1. The lowest BCUT2D eigenvalue weighted by Gasteiger charge is -2.26. The standard InChI is InChI=1S/C23H35N8O10PS/c1-10(2)40-21(35)11(3)28-42(37,43-8-12-19(34)30(5)23(36)29(12)4)39-7-13-15(32)16(33)20(41-13)31-9-25-14-17(31)26-22(24)27-18(14)38-6/h9-13,15-16,20,32-33H,7-8H2,1-6H3,(H,28,37)(H2,24,26,27)/t11-,12?,13-,15-,16-,20-,42?/m1/s1. The van der Waals surface area contributed by atoms with Crippen LogP contribution in [0.4, 0.5) is 10.7 Å². The number of anilines is 1. The number of hydrogen-bond acceptors (Lipinski definition) is 15. The lowest BCUT2D eigenvalue weighted by molar-refractivity contribution is -0.149. The number of imide groups is 1. The predicted octanol–water partition coefficient (Wildman–Crippen LogP) is -0.284. The van der Waals surface area contributed by atoms with Gasteiger partial charge in [0.2, 0.25) is 11.8 Å². The van der Waals surface area contributed by atoms with Crippen LogP contribution in [-0.4, -0.2) is 128 Å². The molecule has 0 aliphatic carbocycles. The molecule has 43 heavy (non-hydrogen) atoms.